The van der Waals surface area contributed by atoms with Crippen LogP contribution >= 0.6 is 0 Å². The van der Waals surface area contributed by atoms with Crippen molar-refractivity contribution < 1.29 is 22.7 Å². The first kappa shape index (κ1) is 19.1. The number of aromatic nitrogens is 3. The molecular formula is C18H13F3N4O3. The van der Waals surface area contributed by atoms with Gasteiger partial charge in [0.1, 0.15) is 17.3 Å². The lowest BCUT2D eigenvalue weighted by molar-refractivity contribution is -0.137. The van der Waals surface area contributed by atoms with Crippen LogP contribution in [0.1, 0.15) is 21.9 Å². The van der Waals surface area contributed by atoms with E-state index < -0.39 is 28.9 Å². The van der Waals surface area contributed by atoms with Gasteiger partial charge in [-0.2, -0.15) is 13.2 Å². The molecule has 0 saturated heterocycles. The summed E-state index contributed by atoms with van der Waals surface area (Å²) in [5, 5.41) is 9.65. The highest BCUT2D eigenvalue weighted by atomic mass is 19.4. The van der Waals surface area contributed by atoms with E-state index in [1.54, 1.807) is 0 Å². The van der Waals surface area contributed by atoms with Gasteiger partial charge in [0.2, 0.25) is 5.69 Å². The van der Waals surface area contributed by atoms with Gasteiger partial charge in [-0.05, 0) is 49.4 Å². The Kier molecular flexibility index (Phi) is 5.12. The summed E-state index contributed by atoms with van der Waals surface area (Å²) in [6.45, 7) is 1.53. The third-order valence-electron chi connectivity index (χ3n) is 3.53. The van der Waals surface area contributed by atoms with Crippen molar-refractivity contribution in [3.05, 3.63) is 76.0 Å². The lowest BCUT2D eigenvalue weighted by atomic mass is 10.2. The molecule has 3 rings (SSSR count). The van der Waals surface area contributed by atoms with Crippen LogP contribution in [-0.4, -0.2) is 21.1 Å². The normalized spacial score (nSPS) is 11.1. The van der Waals surface area contributed by atoms with E-state index in [4.69, 9.17) is 4.74 Å². The maximum Gasteiger partial charge on any atom is 0.416 e. The highest BCUT2D eigenvalue weighted by molar-refractivity contribution is 6.02. The van der Waals surface area contributed by atoms with Gasteiger partial charge in [0, 0.05) is 5.69 Å². The van der Waals surface area contributed by atoms with Gasteiger partial charge >= 0.3 is 6.18 Å². The van der Waals surface area contributed by atoms with Gasteiger partial charge in [-0.25, -0.2) is 0 Å². The van der Waals surface area contributed by atoms with Gasteiger partial charge in [-0.15, -0.1) is 10.2 Å². The van der Waals surface area contributed by atoms with E-state index in [1.165, 1.54) is 43.3 Å². The number of carbonyl (C=O) groups excluding carboxylic acids is 1. The minimum Gasteiger partial charge on any atom is -0.457 e. The van der Waals surface area contributed by atoms with Crippen LogP contribution in [0.25, 0.3) is 0 Å². The predicted octanol–water partition coefficient (Wildman–Crippen LogP) is 3.54. The molecule has 1 heterocycles. The molecule has 7 nitrogen and oxygen atoms in total. The number of H-pyrrole nitrogens is 1. The van der Waals surface area contributed by atoms with Gasteiger partial charge in [0.15, 0.2) is 0 Å². The van der Waals surface area contributed by atoms with Crippen molar-refractivity contribution in [2.45, 2.75) is 13.1 Å². The summed E-state index contributed by atoms with van der Waals surface area (Å²) in [7, 11) is 0. The molecule has 0 aliphatic carbocycles. The number of nitrogens with zero attached hydrogens (tertiary/aromatic N) is 2. The Hall–Kier alpha value is -3.69. The highest BCUT2D eigenvalue weighted by Gasteiger charge is 2.30. The van der Waals surface area contributed by atoms with Crippen molar-refractivity contribution >= 4 is 11.6 Å². The van der Waals surface area contributed by atoms with Crippen LogP contribution in [0.4, 0.5) is 18.9 Å². The Balaban J connectivity index is 1.70. The topological polar surface area (TPSA) is 97.0 Å². The molecule has 10 heteroatoms. The number of amides is 1. The summed E-state index contributed by atoms with van der Waals surface area (Å²) in [6, 6.07) is 10.3. The largest absolute Gasteiger partial charge is 0.457 e. The van der Waals surface area contributed by atoms with Gasteiger partial charge < -0.3 is 15.0 Å². The Morgan fingerprint density at radius 1 is 1.07 bits per heavy atom. The van der Waals surface area contributed by atoms with E-state index in [2.05, 4.69) is 20.5 Å². The number of anilines is 1. The fraction of sp³-hybridized carbons (Fsp3) is 0.111. The average Bonchev–Trinajstić information content (AvgIpc) is 2.63. The first-order chi connectivity index (χ1) is 13.2. The standard InChI is InChI=1S/C18H13F3N4O3/c1-10-22-16(26)15(25-24-10)17(27)23-12-5-7-13(8-6-12)28-14-4-2-3-11(9-14)18(19,20)21/h2-9H,1H3,(H,23,27)(H,22,24,26). The van der Waals surface area contributed by atoms with Crippen LogP contribution in [-0.2, 0) is 6.18 Å². The van der Waals surface area contributed by atoms with Crippen molar-refractivity contribution in [3.63, 3.8) is 0 Å². The highest BCUT2D eigenvalue weighted by Crippen LogP contribution is 2.32. The summed E-state index contributed by atoms with van der Waals surface area (Å²) in [6.07, 6.45) is -4.47. The van der Waals surface area contributed by atoms with Crippen LogP contribution < -0.4 is 15.6 Å². The minimum absolute atomic E-state index is 0.0214. The zero-order valence-electron chi connectivity index (χ0n) is 14.4. The summed E-state index contributed by atoms with van der Waals surface area (Å²) >= 11 is 0. The van der Waals surface area contributed by atoms with Crippen LogP contribution in [0.2, 0.25) is 0 Å². The summed E-state index contributed by atoms with van der Waals surface area (Å²) in [4.78, 5) is 26.2. The number of alkyl halides is 3. The maximum atomic E-state index is 12.7. The first-order valence-electron chi connectivity index (χ1n) is 7.92. The zero-order chi connectivity index (χ0) is 20.3. The van der Waals surface area contributed by atoms with Crippen LogP contribution in [0.3, 0.4) is 0 Å². The molecule has 28 heavy (non-hydrogen) atoms. The Bertz CT molecular complexity index is 1060. The second kappa shape index (κ2) is 7.51. The van der Waals surface area contributed by atoms with E-state index >= 15 is 0 Å². The Labute approximate surface area is 156 Å². The summed E-state index contributed by atoms with van der Waals surface area (Å²) < 4.78 is 43.6. The van der Waals surface area contributed by atoms with Gasteiger partial charge in [0.25, 0.3) is 11.5 Å². The molecule has 3 aromatic rings. The van der Waals surface area contributed by atoms with Crippen LogP contribution in [0.15, 0.2) is 53.3 Å². The van der Waals surface area contributed by atoms with Crippen LogP contribution in [0.5, 0.6) is 11.5 Å². The van der Waals surface area contributed by atoms with E-state index in [-0.39, 0.29) is 17.3 Å². The number of halogens is 3. The third kappa shape index (κ3) is 4.53. The molecule has 0 bridgehead atoms. The molecule has 0 unspecified atom stereocenters. The van der Waals surface area contributed by atoms with Gasteiger partial charge in [0.05, 0.1) is 5.56 Å². The molecule has 0 aliphatic rings. The molecule has 1 amide bonds. The number of aromatic amines is 1. The third-order valence-corrected chi connectivity index (χ3v) is 3.53. The molecule has 0 fully saturated rings. The molecule has 0 spiro atoms. The van der Waals surface area contributed by atoms with Crippen molar-refractivity contribution in [1.29, 1.82) is 0 Å². The monoisotopic (exact) mass is 390 g/mol. The van der Waals surface area contributed by atoms with E-state index in [0.717, 1.165) is 12.1 Å². The number of aryl methyl sites for hydroxylation is 1. The molecule has 1 aromatic heterocycles. The molecule has 2 aromatic carbocycles. The number of hydrogen-bond acceptors (Lipinski definition) is 5. The smallest absolute Gasteiger partial charge is 0.416 e. The van der Waals surface area contributed by atoms with Gasteiger partial charge in [-0.3, -0.25) is 9.59 Å². The minimum atomic E-state index is -4.47. The summed E-state index contributed by atoms with van der Waals surface area (Å²) in [5.41, 5.74) is -1.55. The number of hydrogen-bond donors (Lipinski definition) is 2. The number of rotatable bonds is 4. The SMILES string of the molecule is Cc1nnc(C(=O)Nc2ccc(Oc3cccc(C(F)(F)F)c3)cc2)c(=O)[nH]1. The summed E-state index contributed by atoms with van der Waals surface area (Å²) in [5.74, 6) is -0.184. The maximum absolute atomic E-state index is 12.7. The number of carbonyl (C=O) groups is 1. The van der Waals surface area contributed by atoms with Crippen molar-refractivity contribution in [2.75, 3.05) is 5.32 Å². The fourth-order valence-electron chi connectivity index (χ4n) is 2.24. The van der Waals surface area contributed by atoms with E-state index in [1.807, 2.05) is 0 Å². The van der Waals surface area contributed by atoms with E-state index in [0.29, 0.717) is 5.69 Å². The molecule has 2 N–H and O–H groups in total. The quantitative estimate of drug-likeness (QED) is 0.710. The lowest BCUT2D eigenvalue weighted by Crippen LogP contribution is -2.26. The molecular weight excluding hydrogens is 377 g/mol. The number of benzene rings is 2. The van der Waals surface area contributed by atoms with Crippen molar-refractivity contribution in [3.8, 4) is 11.5 Å². The van der Waals surface area contributed by atoms with Crippen molar-refractivity contribution in [2.24, 2.45) is 0 Å². The van der Waals surface area contributed by atoms with E-state index in [9.17, 15) is 22.8 Å². The molecule has 144 valence electrons. The number of ether oxygens (including phenoxy) is 1. The fourth-order valence-corrected chi connectivity index (χ4v) is 2.24. The lowest BCUT2D eigenvalue weighted by Gasteiger charge is -2.10. The van der Waals surface area contributed by atoms with Crippen LogP contribution in [0, 0.1) is 6.92 Å². The molecule has 0 saturated carbocycles. The number of nitrogens with one attached hydrogen (secondary N) is 2. The molecule has 0 atom stereocenters. The predicted molar refractivity (Wildman–Crippen MR) is 93.3 cm³/mol. The molecule has 0 aliphatic heterocycles. The Morgan fingerprint density at radius 2 is 1.79 bits per heavy atom. The first-order valence-corrected chi connectivity index (χ1v) is 7.92. The Morgan fingerprint density at radius 3 is 2.43 bits per heavy atom. The molecule has 0 radical (unpaired) electrons. The van der Waals surface area contributed by atoms with Gasteiger partial charge in [-0.1, -0.05) is 6.07 Å². The average molecular weight is 390 g/mol. The zero-order valence-corrected chi connectivity index (χ0v) is 14.4. The second-order valence-electron chi connectivity index (χ2n) is 5.69. The second-order valence-corrected chi connectivity index (χ2v) is 5.69. The van der Waals surface area contributed by atoms with Crippen molar-refractivity contribution in [1.82, 2.24) is 15.2 Å².